The van der Waals surface area contributed by atoms with Crippen molar-refractivity contribution in [3.05, 3.63) is 29.3 Å². The zero-order chi connectivity index (χ0) is 11.1. The summed E-state index contributed by atoms with van der Waals surface area (Å²) >= 11 is 0. The summed E-state index contributed by atoms with van der Waals surface area (Å²) in [4.78, 5) is 0. The van der Waals surface area contributed by atoms with Gasteiger partial charge in [0, 0.05) is 0 Å². The minimum Gasteiger partial charge on any atom is -0.508 e. The van der Waals surface area contributed by atoms with Crippen LogP contribution >= 0.6 is 0 Å². The molecule has 15 heavy (non-hydrogen) atoms. The first kappa shape index (κ1) is 10.5. The van der Waals surface area contributed by atoms with E-state index in [9.17, 15) is 5.11 Å². The monoisotopic (exact) mass is 204 g/mol. The van der Waals surface area contributed by atoms with E-state index in [1.54, 1.807) is 6.07 Å². The van der Waals surface area contributed by atoms with Gasteiger partial charge in [0.15, 0.2) is 0 Å². The highest BCUT2D eigenvalue weighted by Gasteiger charge is 2.28. The van der Waals surface area contributed by atoms with Gasteiger partial charge in [0.05, 0.1) is 0 Å². The Hall–Kier alpha value is -0.980. The first-order valence-corrected chi connectivity index (χ1v) is 5.77. The van der Waals surface area contributed by atoms with Crippen molar-refractivity contribution in [1.29, 1.82) is 0 Å². The van der Waals surface area contributed by atoms with Crippen LogP contribution in [0.2, 0.25) is 0 Å². The van der Waals surface area contributed by atoms with E-state index in [2.05, 4.69) is 26.8 Å². The number of aryl methyl sites for hydroxylation is 1. The van der Waals surface area contributed by atoms with Gasteiger partial charge in [-0.25, -0.2) is 0 Å². The zero-order valence-corrected chi connectivity index (χ0v) is 9.88. The molecule has 1 aliphatic rings. The molecular formula is C14H20O. The van der Waals surface area contributed by atoms with Crippen LogP contribution in [-0.2, 0) is 12.8 Å². The summed E-state index contributed by atoms with van der Waals surface area (Å²) in [6, 6.07) is 5.81. The lowest BCUT2D eigenvalue weighted by molar-refractivity contribution is 0.216. The Morgan fingerprint density at radius 1 is 1.20 bits per heavy atom. The Balaban J connectivity index is 2.26. The fourth-order valence-corrected chi connectivity index (χ4v) is 2.48. The molecule has 1 aliphatic carbocycles. The Labute approximate surface area is 92.1 Å². The minimum absolute atomic E-state index is 0.378. The molecule has 1 aromatic rings. The first-order valence-electron chi connectivity index (χ1n) is 5.77. The Morgan fingerprint density at radius 3 is 2.60 bits per heavy atom. The van der Waals surface area contributed by atoms with Crippen molar-refractivity contribution in [3.8, 4) is 5.75 Å². The summed E-state index contributed by atoms with van der Waals surface area (Å²) in [6.45, 7) is 6.93. The summed E-state index contributed by atoms with van der Waals surface area (Å²) in [6.07, 6.45) is 3.56. The minimum atomic E-state index is 0.378. The summed E-state index contributed by atoms with van der Waals surface area (Å²) in [5.74, 6) is 1.15. The van der Waals surface area contributed by atoms with E-state index in [1.807, 2.05) is 6.07 Å². The second-order valence-corrected chi connectivity index (χ2v) is 5.76. The number of rotatable bonds is 0. The lowest BCUT2D eigenvalue weighted by atomic mass is 9.70. The third kappa shape index (κ3) is 2.17. The molecule has 0 radical (unpaired) electrons. The molecule has 2 rings (SSSR count). The standard InChI is InChI=1S/C14H20O/c1-14(2,3)12-6-4-10-5-7-13(15)9-11(10)8-12/h5,7,9,12,15H,4,6,8H2,1-3H3. The predicted molar refractivity (Wildman–Crippen MR) is 63.1 cm³/mol. The number of hydrogen-bond acceptors (Lipinski definition) is 1. The predicted octanol–water partition coefficient (Wildman–Crippen LogP) is 3.54. The fraction of sp³-hybridized carbons (Fsp3) is 0.571. The largest absolute Gasteiger partial charge is 0.508 e. The number of fused-ring (bicyclic) bond motifs is 1. The second-order valence-electron chi connectivity index (χ2n) is 5.76. The van der Waals surface area contributed by atoms with E-state index in [-0.39, 0.29) is 0 Å². The number of phenolic OH excluding ortho intramolecular Hbond substituents is 1. The molecule has 0 aromatic heterocycles. The van der Waals surface area contributed by atoms with E-state index in [4.69, 9.17) is 0 Å². The summed E-state index contributed by atoms with van der Waals surface area (Å²) in [5, 5.41) is 9.48. The van der Waals surface area contributed by atoms with Gasteiger partial charge in [-0.05, 0) is 53.9 Å². The Bertz CT molecular complexity index is 360. The molecule has 0 aliphatic heterocycles. The molecule has 1 N–H and O–H groups in total. The maximum atomic E-state index is 9.48. The smallest absolute Gasteiger partial charge is 0.115 e. The summed E-state index contributed by atoms with van der Waals surface area (Å²) in [7, 11) is 0. The van der Waals surface area contributed by atoms with Crippen LogP contribution in [0.4, 0.5) is 0 Å². The quantitative estimate of drug-likeness (QED) is 0.685. The Kier molecular flexibility index (Phi) is 2.49. The molecule has 0 bridgehead atoms. The van der Waals surface area contributed by atoms with Crippen LogP contribution in [0, 0.1) is 11.3 Å². The molecule has 0 amide bonds. The van der Waals surface area contributed by atoms with Crippen molar-refractivity contribution in [3.63, 3.8) is 0 Å². The van der Waals surface area contributed by atoms with Gasteiger partial charge < -0.3 is 5.11 Å². The third-order valence-electron chi connectivity index (χ3n) is 3.64. The van der Waals surface area contributed by atoms with Crippen LogP contribution in [0.5, 0.6) is 5.75 Å². The van der Waals surface area contributed by atoms with Crippen molar-refractivity contribution in [2.45, 2.75) is 40.0 Å². The van der Waals surface area contributed by atoms with Gasteiger partial charge in [-0.1, -0.05) is 26.8 Å². The van der Waals surface area contributed by atoms with Crippen LogP contribution < -0.4 is 0 Å². The molecule has 0 saturated heterocycles. The lowest BCUT2D eigenvalue weighted by Crippen LogP contribution is -2.26. The molecule has 1 nitrogen and oxygen atoms in total. The molecular weight excluding hydrogens is 184 g/mol. The molecule has 0 fully saturated rings. The summed E-state index contributed by atoms with van der Waals surface area (Å²) < 4.78 is 0. The van der Waals surface area contributed by atoms with Crippen molar-refractivity contribution >= 4 is 0 Å². The maximum absolute atomic E-state index is 9.48. The van der Waals surface area contributed by atoms with E-state index >= 15 is 0 Å². The molecule has 0 saturated carbocycles. The van der Waals surface area contributed by atoms with E-state index in [0.717, 1.165) is 18.8 Å². The van der Waals surface area contributed by atoms with Gasteiger partial charge in [-0.3, -0.25) is 0 Å². The SMILES string of the molecule is CC(C)(C)C1CCc2ccc(O)cc2C1. The van der Waals surface area contributed by atoms with Crippen molar-refractivity contribution in [2.24, 2.45) is 11.3 Å². The maximum Gasteiger partial charge on any atom is 0.115 e. The van der Waals surface area contributed by atoms with Crippen molar-refractivity contribution in [1.82, 2.24) is 0 Å². The number of phenols is 1. The van der Waals surface area contributed by atoms with E-state index in [0.29, 0.717) is 11.2 Å². The van der Waals surface area contributed by atoms with Gasteiger partial charge in [-0.15, -0.1) is 0 Å². The lowest BCUT2D eigenvalue weighted by Gasteiger charge is -2.35. The molecule has 1 aromatic carbocycles. The highest BCUT2D eigenvalue weighted by Crippen LogP contribution is 2.37. The number of aromatic hydroxyl groups is 1. The summed E-state index contributed by atoms with van der Waals surface area (Å²) in [5.41, 5.74) is 3.15. The van der Waals surface area contributed by atoms with Gasteiger partial charge in [0.2, 0.25) is 0 Å². The topological polar surface area (TPSA) is 20.2 Å². The first-order chi connectivity index (χ1) is 6.97. The average molecular weight is 204 g/mol. The van der Waals surface area contributed by atoms with Gasteiger partial charge >= 0.3 is 0 Å². The van der Waals surface area contributed by atoms with Crippen LogP contribution in [0.1, 0.15) is 38.3 Å². The van der Waals surface area contributed by atoms with Gasteiger partial charge in [0.25, 0.3) is 0 Å². The van der Waals surface area contributed by atoms with Crippen LogP contribution in [0.3, 0.4) is 0 Å². The van der Waals surface area contributed by atoms with Crippen LogP contribution in [0.25, 0.3) is 0 Å². The molecule has 1 atom stereocenters. The van der Waals surface area contributed by atoms with E-state index < -0.39 is 0 Å². The fourth-order valence-electron chi connectivity index (χ4n) is 2.48. The third-order valence-corrected chi connectivity index (χ3v) is 3.64. The highest BCUT2D eigenvalue weighted by atomic mass is 16.3. The van der Waals surface area contributed by atoms with Crippen LogP contribution in [-0.4, -0.2) is 5.11 Å². The number of hydrogen-bond donors (Lipinski definition) is 1. The zero-order valence-electron chi connectivity index (χ0n) is 9.88. The van der Waals surface area contributed by atoms with Crippen molar-refractivity contribution in [2.75, 3.05) is 0 Å². The van der Waals surface area contributed by atoms with Crippen molar-refractivity contribution < 1.29 is 5.11 Å². The molecule has 82 valence electrons. The Morgan fingerprint density at radius 2 is 1.93 bits per heavy atom. The highest BCUT2D eigenvalue weighted by molar-refractivity contribution is 5.36. The molecule has 1 unspecified atom stereocenters. The van der Waals surface area contributed by atoms with E-state index in [1.165, 1.54) is 17.5 Å². The molecule has 1 heteroatoms. The molecule has 0 spiro atoms. The van der Waals surface area contributed by atoms with Gasteiger partial charge in [-0.2, -0.15) is 0 Å². The second kappa shape index (κ2) is 3.55. The normalized spacial score (nSPS) is 21.1. The number of benzene rings is 1. The molecule has 0 heterocycles. The average Bonchev–Trinajstić information content (AvgIpc) is 2.15. The van der Waals surface area contributed by atoms with Crippen LogP contribution in [0.15, 0.2) is 18.2 Å². The van der Waals surface area contributed by atoms with Gasteiger partial charge in [0.1, 0.15) is 5.75 Å².